The highest BCUT2D eigenvalue weighted by Crippen LogP contribution is 2.36. The third-order valence-electron chi connectivity index (χ3n) is 3.63. The van der Waals surface area contributed by atoms with Gasteiger partial charge in [0.05, 0.1) is 6.10 Å². The fraction of sp³-hybridized carbons (Fsp3) is 1.00. The molecular weight excluding hydrogens is 174 g/mol. The van der Waals surface area contributed by atoms with Crippen LogP contribution in [-0.2, 0) is 4.74 Å². The first-order valence-corrected chi connectivity index (χ1v) is 6.01. The molecular formula is C12H23NO. The largest absolute Gasteiger partial charge is 0.377 e. The van der Waals surface area contributed by atoms with Gasteiger partial charge in [-0.1, -0.05) is 13.8 Å². The van der Waals surface area contributed by atoms with Crippen LogP contribution in [0.1, 0.15) is 46.0 Å². The Kier molecular flexibility index (Phi) is 3.13. The van der Waals surface area contributed by atoms with Gasteiger partial charge < -0.3 is 10.1 Å². The Morgan fingerprint density at radius 3 is 2.79 bits per heavy atom. The Morgan fingerprint density at radius 2 is 2.21 bits per heavy atom. The Hall–Kier alpha value is -0.0800. The van der Waals surface area contributed by atoms with Crippen molar-refractivity contribution in [2.75, 3.05) is 13.2 Å². The fourth-order valence-corrected chi connectivity index (χ4v) is 2.71. The van der Waals surface area contributed by atoms with Crippen LogP contribution in [0.2, 0.25) is 0 Å². The van der Waals surface area contributed by atoms with Gasteiger partial charge in [0.25, 0.3) is 0 Å². The van der Waals surface area contributed by atoms with E-state index in [1.54, 1.807) is 0 Å². The summed E-state index contributed by atoms with van der Waals surface area (Å²) in [7, 11) is 0. The summed E-state index contributed by atoms with van der Waals surface area (Å²) >= 11 is 0. The molecule has 2 heteroatoms. The van der Waals surface area contributed by atoms with E-state index in [2.05, 4.69) is 19.2 Å². The molecule has 0 spiro atoms. The molecule has 0 aromatic carbocycles. The molecule has 0 aromatic heterocycles. The van der Waals surface area contributed by atoms with Gasteiger partial charge in [0.1, 0.15) is 0 Å². The number of rotatable bonds is 3. The zero-order valence-corrected chi connectivity index (χ0v) is 9.51. The van der Waals surface area contributed by atoms with Crippen LogP contribution in [0.4, 0.5) is 0 Å². The molecule has 2 fully saturated rings. The molecule has 1 aliphatic heterocycles. The van der Waals surface area contributed by atoms with E-state index in [-0.39, 0.29) is 0 Å². The highest BCUT2D eigenvalue weighted by molar-refractivity contribution is 4.87. The van der Waals surface area contributed by atoms with Crippen LogP contribution < -0.4 is 5.32 Å². The Labute approximate surface area is 87.4 Å². The Balaban J connectivity index is 1.66. The lowest BCUT2D eigenvalue weighted by atomic mass is 9.92. The second-order valence-corrected chi connectivity index (χ2v) is 5.65. The topological polar surface area (TPSA) is 21.3 Å². The Morgan fingerprint density at radius 1 is 1.36 bits per heavy atom. The van der Waals surface area contributed by atoms with Gasteiger partial charge in [0, 0.05) is 19.2 Å². The molecule has 1 heterocycles. The van der Waals surface area contributed by atoms with Crippen molar-refractivity contribution >= 4 is 0 Å². The molecule has 1 saturated carbocycles. The minimum atomic E-state index is 0.499. The van der Waals surface area contributed by atoms with Crippen LogP contribution >= 0.6 is 0 Å². The van der Waals surface area contributed by atoms with Crippen LogP contribution in [0.3, 0.4) is 0 Å². The average Bonchev–Trinajstić information content (AvgIpc) is 2.70. The van der Waals surface area contributed by atoms with E-state index in [4.69, 9.17) is 4.74 Å². The molecule has 2 aliphatic rings. The summed E-state index contributed by atoms with van der Waals surface area (Å²) < 4.78 is 5.60. The Bertz CT molecular complexity index is 185. The third-order valence-corrected chi connectivity index (χ3v) is 3.63. The number of hydrogen-bond donors (Lipinski definition) is 1. The predicted octanol–water partition coefficient (Wildman–Crippen LogP) is 2.33. The van der Waals surface area contributed by atoms with Crippen LogP contribution in [0, 0.1) is 5.41 Å². The summed E-state index contributed by atoms with van der Waals surface area (Å²) in [6.07, 6.45) is 7.06. The maximum atomic E-state index is 5.60. The van der Waals surface area contributed by atoms with E-state index in [0.717, 1.165) is 19.2 Å². The van der Waals surface area contributed by atoms with E-state index in [1.165, 1.54) is 32.1 Å². The first kappa shape index (κ1) is 10.4. The van der Waals surface area contributed by atoms with E-state index in [0.29, 0.717) is 11.5 Å². The van der Waals surface area contributed by atoms with Crippen LogP contribution in [0.25, 0.3) is 0 Å². The van der Waals surface area contributed by atoms with E-state index >= 15 is 0 Å². The highest BCUT2D eigenvalue weighted by atomic mass is 16.5. The smallest absolute Gasteiger partial charge is 0.0700 e. The van der Waals surface area contributed by atoms with Crippen LogP contribution in [0.15, 0.2) is 0 Å². The second kappa shape index (κ2) is 4.19. The molecule has 82 valence electrons. The molecule has 2 rings (SSSR count). The van der Waals surface area contributed by atoms with Crippen molar-refractivity contribution in [3.63, 3.8) is 0 Å². The molecule has 1 aliphatic carbocycles. The molecule has 0 bridgehead atoms. The van der Waals surface area contributed by atoms with E-state index in [1.807, 2.05) is 0 Å². The summed E-state index contributed by atoms with van der Waals surface area (Å²) in [5.41, 5.74) is 0.564. The summed E-state index contributed by atoms with van der Waals surface area (Å²) in [6, 6.07) is 0.745. The molecule has 14 heavy (non-hydrogen) atoms. The SMILES string of the molecule is CC1(C)CCC(NCC2CCCO2)C1. The van der Waals surface area contributed by atoms with Crippen molar-refractivity contribution in [2.45, 2.75) is 58.1 Å². The van der Waals surface area contributed by atoms with Crippen molar-refractivity contribution in [3.8, 4) is 0 Å². The molecule has 1 N–H and O–H groups in total. The quantitative estimate of drug-likeness (QED) is 0.750. The van der Waals surface area contributed by atoms with Crippen molar-refractivity contribution < 1.29 is 4.74 Å². The second-order valence-electron chi connectivity index (χ2n) is 5.65. The lowest BCUT2D eigenvalue weighted by molar-refractivity contribution is 0.107. The molecule has 2 unspecified atom stereocenters. The van der Waals surface area contributed by atoms with Crippen molar-refractivity contribution in [2.24, 2.45) is 5.41 Å². The normalized spacial score (nSPS) is 36.4. The lowest BCUT2D eigenvalue weighted by Gasteiger charge is -2.19. The summed E-state index contributed by atoms with van der Waals surface area (Å²) in [4.78, 5) is 0. The van der Waals surface area contributed by atoms with Gasteiger partial charge in [0.2, 0.25) is 0 Å². The standard InChI is InChI=1S/C12H23NO/c1-12(2)6-5-10(8-12)13-9-11-4-3-7-14-11/h10-11,13H,3-9H2,1-2H3. The van der Waals surface area contributed by atoms with Gasteiger partial charge in [-0.05, 0) is 37.5 Å². The molecule has 1 saturated heterocycles. The molecule has 0 radical (unpaired) electrons. The van der Waals surface area contributed by atoms with Gasteiger partial charge in [-0.3, -0.25) is 0 Å². The molecule has 0 aromatic rings. The predicted molar refractivity (Wildman–Crippen MR) is 58.4 cm³/mol. The third kappa shape index (κ3) is 2.71. The van der Waals surface area contributed by atoms with Gasteiger partial charge in [0.15, 0.2) is 0 Å². The molecule has 2 atom stereocenters. The number of nitrogens with one attached hydrogen (secondary N) is 1. The highest BCUT2D eigenvalue weighted by Gasteiger charge is 2.31. The van der Waals surface area contributed by atoms with E-state index in [9.17, 15) is 0 Å². The average molecular weight is 197 g/mol. The zero-order chi connectivity index (χ0) is 10.0. The lowest BCUT2D eigenvalue weighted by Crippen LogP contribution is -2.34. The van der Waals surface area contributed by atoms with Gasteiger partial charge in [-0.15, -0.1) is 0 Å². The maximum Gasteiger partial charge on any atom is 0.0700 e. The van der Waals surface area contributed by atoms with Crippen molar-refractivity contribution in [1.82, 2.24) is 5.32 Å². The van der Waals surface area contributed by atoms with Crippen LogP contribution in [0.5, 0.6) is 0 Å². The monoisotopic (exact) mass is 197 g/mol. The van der Waals surface area contributed by atoms with Gasteiger partial charge in [-0.25, -0.2) is 0 Å². The van der Waals surface area contributed by atoms with Crippen molar-refractivity contribution in [3.05, 3.63) is 0 Å². The fourth-order valence-electron chi connectivity index (χ4n) is 2.71. The maximum absolute atomic E-state index is 5.60. The van der Waals surface area contributed by atoms with E-state index < -0.39 is 0 Å². The zero-order valence-electron chi connectivity index (χ0n) is 9.51. The minimum Gasteiger partial charge on any atom is -0.377 e. The number of ether oxygens (including phenoxy) is 1. The summed E-state index contributed by atoms with van der Waals surface area (Å²) in [5, 5.41) is 3.65. The van der Waals surface area contributed by atoms with Gasteiger partial charge in [-0.2, -0.15) is 0 Å². The van der Waals surface area contributed by atoms with Gasteiger partial charge >= 0.3 is 0 Å². The number of hydrogen-bond acceptors (Lipinski definition) is 2. The first-order valence-electron chi connectivity index (χ1n) is 6.01. The first-order chi connectivity index (χ1) is 6.66. The molecule has 0 amide bonds. The minimum absolute atomic E-state index is 0.499. The van der Waals surface area contributed by atoms with Crippen molar-refractivity contribution in [1.29, 1.82) is 0 Å². The summed E-state index contributed by atoms with van der Waals surface area (Å²) in [5.74, 6) is 0. The van der Waals surface area contributed by atoms with Crippen LogP contribution in [-0.4, -0.2) is 25.3 Å². The molecule has 2 nitrogen and oxygen atoms in total. The summed E-state index contributed by atoms with van der Waals surface area (Å²) in [6.45, 7) is 6.80.